The summed E-state index contributed by atoms with van der Waals surface area (Å²) in [6.45, 7) is 3.71. The van der Waals surface area contributed by atoms with E-state index in [4.69, 9.17) is 0 Å². The third-order valence-corrected chi connectivity index (χ3v) is 3.02. The fourth-order valence-electron chi connectivity index (χ4n) is 2.06. The highest BCUT2D eigenvalue weighted by molar-refractivity contribution is 5.76. The van der Waals surface area contributed by atoms with Crippen LogP contribution in [0.1, 0.15) is 38.6 Å². The number of nitrogens with zero attached hydrogens (tertiary/aromatic N) is 4. The van der Waals surface area contributed by atoms with Gasteiger partial charge in [-0.15, -0.1) is 0 Å². The van der Waals surface area contributed by atoms with Crippen LogP contribution in [0.2, 0.25) is 0 Å². The second kappa shape index (κ2) is 5.09. The number of unbranched alkanes of at least 4 members (excludes halogenated alkanes) is 1. The van der Waals surface area contributed by atoms with E-state index in [-0.39, 0.29) is 11.9 Å². The van der Waals surface area contributed by atoms with Crippen molar-refractivity contribution in [2.75, 3.05) is 13.1 Å². The molecule has 16 heavy (non-hydrogen) atoms. The molecule has 1 aliphatic rings. The Morgan fingerprint density at radius 3 is 2.88 bits per heavy atom. The summed E-state index contributed by atoms with van der Waals surface area (Å²) in [5, 5.41) is 8.24. The number of hydrogen-bond acceptors (Lipinski definition) is 3. The van der Waals surface area contributed by atoms with Gasteiger partial charge in [0.1, 0.15) is 0 Å². The van der Waals surface area contributed by atoms with E-state index in [1.807, 2.05) is 4.90 Å². The molecular weight excluding hydrogens is 204 g/mol. The molecule has 0 aromatic carbocycles. The maximum absolute atomic E-state index is 11.8. The predicted molar refractivity (Wildman–Crippen MR) is 59.8 cm³/mol. The lowest BCUT2D eigenvalue weighted by molar-refractivity contribution is -0.130. The lowest BCUT2D eigenvalue weighted by Gasteiger charge is -2.15. The van der Waals surface area contributed by atoms with Crippen molar-refractivity contribution in [2.24, 2.45) is 0 Å². The second-order valence-electron chi connectivity index (χ2n) is 4.24. The van der Waals surface area contributed by atoms with Crippen LogP contribution in [0.4, 0.5) is 0 Å². The molecule has 1 aliphatic heterocycles. The number of hydrogen-bond donors (Lipinski definition) is 0. The number of carbonyl (C=O) groups is 1. The average Bonchev–Trinajstić information content (AvgIpc) is 2.94. The monoisotopic (exact) mass is 222 g/mol. The van der Waals surface area contributed by atoms with Crippen molar-refractivity contribution in [1.29, 1.82) is 0 Å². The van der Waals surface area contributed by atoms with Crippen LogP contribution in [0, 0.1) is 0 Å². The minimum atomic E-state index is 0.264. The molecule has 5 heteroatoms. The van der Waals surface area contributed by atoms with Gasteiger partial charge in [-0.2, -0.15) is 15.0 Å². The maximum atomic E-state index is 11.8. The molecule has 1 saturated heterocycles. The van der Waals surface area contributed by atoms with Gasteiger partial charge in [-0.3, -0.25) is 4.79 Å². The van der Waals surface area contributed by atoms with Crippen LogP contribution in [0.15, 0.2) is 12.4 Å². The van der Waals surface area contributed by atoms with Crippen LogP contribution in [0.5, 0.6) is 0 Å². The van der Waals surface area contributed by atoms with Crippen molar-refractivity contribution < 1.29 is 4.79 Å². The topological polar surface area (TPSA) is 51.0 Å². The van der Waals surface area contributed by atoms with Crippen LogP contribution in [-0.2, 0) is 4.79 Å². The Morgan fingerprint density at radius 2 is 2.19 bits per heavy atom. The largest absolute Gasteiger partial charge is 0.340 e. The first-order chi connectivity index (χ1) is 7.81. The Kier molecular flexibility index (Phi) is 3.54. The molecule has 5 nitrogen and oxygen atoms in total. The van der Waals surface area contributed by atoms with E-state index in [1.54, 1.807) is 17.2 Å². The van der Waals surface area contributed by atoms with Crippen LogP contribution in [-0.4, -0.2) is 38.9 Å². The number of likely N-dealkylation sites (tertiary alicyclic amines) is 1. The van der Waals surface area contributed by atoms with Crippen molar-refractivity contribution in [3.8, 4) is 0 Å². The molecule has 0 bridgehead atoms. The van der Waals surface area contributed by atoms with Gasteiger partial charge in [-0.25, -0.2) is 0 Å². The molecule has 2 heterocycles. The lowest BCUT2D eigenvalue weighted by atomic mass is 10.2. The third-order valence-electron chi connectivity index (χ3n) is 3.02. The molecule has 2 rings (SSSR count). The fraction of sp³-hybridized carbons (Fsp3) is 0.727. The molecule has 1 aromatic heterocycles. The zero-order chi connectivity index (χ0) is 11.4. The van der Waals surface area contributed by atoms with Crippen molar-refractivity contribution in [1.82, 2.24) is 19.9 Å². The van der Waals surface area contributed by atoms with Gasteiger partial charge >= 0.3 is 0 Å². The molecular formula is C11H18N4O. The summed E-state index contributed by atoms with van der Waals surface area (Å²) in [5.41, 5.74) is 0. The molecule has 0 N–H and O–H groups in total. The Bertz CT molecular complexity index is 336. The maximum Gasteiger partial charge on any atom is 0.222 e. The molecule has 1 unspecified atom stereocenters. The Labute approximate surface area is 95.4 Å². The van der Waals surface area contributed by atoms with Crippen LogP contribution < -0.4 is 0 Å². The van der Waals surface area contributed by atoms with Gasteiger partial charge in [0.2, 0.25) is 5.91 Å². The van der Waals surface area contributed by atoms with Crippen molar-refractivity contribution >= 4 is 5.91 Å². The summed E-state index contributed by atoms with van der Waals surface area (Å²) in [4.78, 5) is 15.4. The average molecular weight is 222 g/mol. The van der Waals surface area contributed by atoms with Gasteiger partial charge in [0, 0.05) is 19.5 Å². The van der Waals surface area contributed by atoms with Crippen molar-refractivity contribution in [3.63, 3.8) is 0 Å². The van der Waals surface area contributed by atoms with E-state index in [0.29, 0.717) is 6.42 Å². The smallest absolute Gasteiger partial charge is 0.222 e. The molecule has 88 valence electrons. The van der Waals surface area contributed by atoms with E-state index in [2.05, 4.69) is 17.1 Å². The molecule has 1 amide bonds. The standard InChI is InChI=1S/C11H18N4O/c1-2-3-4-11(16)14-8-5-10(9-14)15-12-6-7-13-15/h6-7,10H,2-5,8-9H2,1H3. The summed E-state index contributed by atoms with van der Waals surface area (Å²) < 4.78 is 0. The lowest BCUT2D eigenvalue weighted by Crippen LogP contribution is -2.29. The van der Waals surface area contributed by atoms with E-state index in [0.717, 1.165) is 32.4 Å². The van der Waals surface area contributed by atoms with Gasteiger partial charge < -0.3 is 4.90 Å². The minimum Gasteiger partial charge on any atom is -0.340 e. The number of carbonyl (C=O) groups excluding carboxylic acids is 1. The van der Waals surface area contributed by atoms with Gasteiger partial charge in [-0.05, 0) is 12.8 Å². The Morgan fingerprint density at radius 1 is 1.44 bits per heavy atom. The molecule has 0 saturated carbocycles. The normalized spacial score (nSPS) is 20.3. The first kappa shape index (κ1) is 11.1. The highest BCUT2D eigenvalue weighted by atomic mass is 16.2. The van der Waals surface area contributed by atoms with Gasteiger partial charge in [-0.1, -0.05) is 13.3 Å². The third kappa shape index (κ3) is 2.40. The van der Waals surface area contributed by atoms with Crippen molar-refractivity contribution in [3.05, 3.63) is 12.4 Å². The first-order valence-electron chi connectivity index (χ1n) is 5.95. The minimum absolute atomic E-state index is 0.264. The highest BCUT2D eigenvalue weighted by Gasteiger charge is 2.27. The summed E-state index contributed by atoms with van der Waals surface area (Å²) in [7, 11) is 0. The molecule has 1 aromatic rings. The summed E-state index contributed by atoms with van der Waals surface area (Å²) in [5.74, 6) is 0.275. The van der Waals surface area contributed by atoms with Crippen LogP contribution in [0.3, 0.4) is 0 Å². The van der Waals surface area contributed by atoms with Gasteiger partial charge in [0.25, 0.3) is 0 Å². The quantitative estimate of drug-likeness (QED) is 0.770. The molecule has 1 atom stereocenters. The zero-order valence-electron chi connectivity index (χ0n) is 9.67. The molecule has 1 fully saturated rings. The molecule has 0 aliphatic carbocycles. The van der Waals surface area contributed by atoms with Gasteiger partial charge in [0.15, 0.2) is 0 Å². The molecule has 0 radical (unpaired) electrons. The van der Waals surface area contributed by atoms with E-state index < -0.39 is 0 Å². The molecule has 0 spiro atoms. The van der Waals surface area contributed by atoms with Crippen LogP contribution in [0.25, 0.3) is 0 Å². The number of amides is 1. The zero-order valence-corrected chi connectivity index (χ0v) is 9.67. The summed E-state index contributed by atoms with van der Waals surface area (Å²) in [6.07, 6.45) is 7.06. The van der Waals surface area contributed by atoms with Crippen LogP contribution >= 0.6 is 0 Å². The van der Waals surface area contributed by atoms with E-state index in [1.165, 1.54) is 0 Å². The fourth-order valence-corrected chi connectivity index (χ4v) is 2.06. The number of aromatic nitrogens is 3. The predicted octanol–water partition coefficient (Wildman–Crippen LogP) is 1.24. The van der Waals surface area contributed by atoms with Crippen molar-refractivity contribution in [2.45, 2.75) is 38.6 Å². The Hall–Kier alpha value is -1.39. The van der Waals surface area contributed by atoms with E-state index >= 15 is 0 Å². The first-order valence-corrected chi connectivity index (χ1v) is 5.95. The number of rotatable bonds is 4. The van der Waals surface area contributed by atoms with Gasteiger partial charge in [0.05, 0.1) is 18.4 Å². The summed E-state index contributed by atoms with van der Waals surface area (Å²) in [6, 6.07) is 0.264. The highest BCUT2D eigenvalue weighted by Crippen LogP contribution is 2.20. The van der Waals surface area contributed by atoms with E-state index in [9.17, 15) is 4.79 Å². The SMILES string of the molecule is CCCCC(=O)N1CCC(n2nccn2)C1. The second-order valence-corrected chi connectivity index (χ2v) is 4.24. The Balaban J connectivity index is 1.86. The summed E-state index contributed by atoms with van der Waals surface area (Å²) >= 11 is 0.